The number of unbranched alkanes of at least 4 members (excludes halogenated alkanes) is 5. The summed E-state index contributed by atoms with van der Waals surface area (Å²) in [6.45, 7) is 1.82. The van der Waals surface area contributed by atoms with Gasteiger partial charge in [-0.1, -0.05) is 37.8 Å². The maximum absolute atomic E-state index is 10.5. The lowest BCUT2D eigenvalue weighted by Crippen LogP contribution is -2.22. The summed E-state index contributed by atoms with van der Waals surface area (Å²) in [5.41, 5.74) is -0.841. The Hall–Kier alpha value is -1.38. The summed E-state index contributed by atoms with van der Waals surface area (Å²) in [6, 6.07) is 2.14. The Morgan fingerprint density at radius 1 is 1.19 bits per heavy atom. The number of hydrogen-bond acceptors (Lipinski definition) is 4. The van der Waals surface area contributed by atoms with Crippen LogP contribution in [0.1, 0.15) is 84.0 Å². The van der Waals surface area contributed by atoms with Crippen LogP contribution in [0.4, 0.5) is 0 Å². The van der Waals surface area contributed by atoms with Gasteiger partial charge >= 0.3 is 5.97 Å². The predicted molar refractivity (Wildman–Crippen MR) is 101 cm³/mol. The summed E-state index contributed by atoms with van der Waals surface area (Å²) in [5.74, 6) is -0.251. The molecule has 5 heteroatoms. The van der Waals surface area contributed by atoms with Crippen LogP contribution in [0.15, 0.2) is 12.2 Å². The Morgan fingerprint density at radius 3 is 2.62 bits per heavy atom. The molecule has 148 valence electrons. The van der Waals surface area contributed by atoms with E-state index < -0.39 is 11.6 Å². The maximum atomic E-state index is 10.5. The topological polar surface area (TPSA) is 102 Å². The van der Waals surface area contributed by atoms with E-state index >= 15 is 0 Å². The van der Waals surface area contributed by atoms with Crippen molar-refractivity contribution in [2.45, 2.75) is 95.7 Å². The van der Waals surface area contributed by atoms with Crippen LogP contribution in [0.2, 0.25) is 0 Å². The van der Waals surface area contributed by atoms with E-state index in [1.165, 1.54) is 0 Å². The van der Waals surface area contributed by atoms with Crippen LogP contribution in [0.3, 0.4) is 0 Å². The molecule has 0 spiro atoms. The van der Waals surface area contributed by atoms with Crippen LogP contribution in [-0.2, 0) is 4.79 Å². The van der Waals surface area contributed by atoms with E-state index in [-0.39, 0.29) is 24.4 Å². The van der Waals surface area contributed by atoms with Crippen molar-refractivity contribution in [3.05, 3.63) is 12.2 Å². The molecule has 1 rings (SSSR count). The zero-order valence-corrected chi connectivity index (χ0v) is 16.1. The summed E-state index contributed by atoms with van der Waals surface area (Å²) < 4.78 is 0. The molecule has 0 heterocycles. The molecule has 1 aliphatic carbocycles. The number of carboxylic acids is 1. The Morgan fingerprint density at radius 2 is 1.92 bits per heavy atom. The van der Waals surface area contributed by atoms with Gasteiger partial charge in [0.25, 0.3) is 0 Å². The number of aliphatic carboxylic acids is 1. The monoisotopic (exact) mass is 365 g/mol. The average Bonchev–Trinajstić information content (AvgIpc) is 2.92. The Labute approximate surface area is 157 Å². The highest BCUT2D eigenvalue weighted by atomic mass is 16.4. The summed E-state index contributed by atoms with van der Waals surface area (Å²) >= 11 is 0. The van der Waals surface area contributed by atoms with E-state index in [2.05, 4.69) is 12.1 Å². The van der Waals surface area contributed by atoms with Crippen LogP contribution in [0.25, 0.3) is 0 Å². The Bertz CT molecular complexity index is 481. The molecule has 0 radical (unpaired) electrons. The second-order valence-electron chi connectivity index (χ2n) is 7.90. The number of rotatable bonds is 13. The average molecular weight is 366 g/mol. The molecule has 1 saturated carbocycles. The number of carboxylic acid groups (broad SMARTS) is 1. The van der Waals surface area contributed by atoms with Gasteiger partial charge in [-0.05, 0) is 57.3 Å². The Balaban J connectivity index is 2.38. The van der Waals surface area contributed by atoms with Gasteiger partial charge in [-0.25, -0.2) is 0 Å². The number of aliphatic hydroxyl groups excluding tert-OH is 1. The second-order valence-corrected chi connectivity index (χ2v) is 7.90. The first-order valence-corrected chi connectivity index (χ1v) is 10.0. The lowest BCUT2D eigenvalue weighted by atomic mass is 9.87. The molecule has 0 saturated heterocycles. The van der Waals surface area contributed by atoms with Crippen molar-refractivity contribution in [1.29, 1.82) is 5.26 Å². The number of hydrogen-bond donors (Lipinski definition) is 3. The first-order chi connectivity index (χ1) is 12.4. The molecule has 0 aromatic heterocycles. The number of nitrogens with zero attached hydrogens (tertiary/aromatic N) is 1. The van der Waals surface area contributed by atoms with Gasteiger partial charge < -0.3 is 15.3 Å². The van der Waals surface area contributed by atoms with Crippen molar-refractivity contribution < 1.29 is 20.1 Å². The van der Waals surface area contributed by atoms with Crippen LogP contribution in [0.5, 0.6) is 0 Å². The molecule has 0 bridgehead atoms. The van der Waals surface area contributed by atoms with Crippen LogP contribution in [-0.4, -0.2) is 33.0 Å². The molecule has 4 atom stereocenters. The number of carbonyl (C=O) groups is 1. The first kappa shape index (κ1) is 22.7. The fourth-order valence-electron chi connectivity index (χ4n) is 3.83. The minimum atomic E-state index is -0.841. The summed E-state index contributed by atoms with van der Waals surface area (Å²) in [4.78, 5) is 10.5. The highest BCUT2D eigenvalue weighted by molar-refractivity contribution is 5.66. The highest BCUT2D eigenvalue weighted by Crippen LogP contribution is 2.37. The van der Waals surface area contributed by atoms with E-state index in [1.54, 1.807) is 0 Å². The van der Waals surface area contributed by atoms with Crippen LogP contribution < -0.4 is 0 Å². The van der Waals surface area contributed by atoms with Crippen molar-refractivity contribution in [1.82, 2.24) is 0 Å². The molecular weight excluding hydrogens is 330 g/mol. The fraction of sp³-hybridized carbons (Fsp3) is 0.810. The highest BCUT2D eigenvalue weighted by Gasteiger charge is 2.33. The molecule has 3 N–H and O–H groups in total. The molecule has 1 fully saturated rings. The molecule has 4 unspecified atom stereocenters. The smallest absolute Gasteiger partial charge is 0.303 e. The standard InChI is InChI=1S/C21H35NO4/c1-21(26,14-7-2-3-8-16-22)15-13-17-11-12-19(23)18(17)9-5-4-6-10-20(24)25/h13,15,17-19,23,26H,2-12,14H2,1H3,(H,24,25). The van der Waals surface area contributed by atoms with E-state index in [9.17, 15) is 15.0 Å². The third-order valence-electron chi connectivity index (χ3n) is 5.44. The van der Waals surface area contributed by atoms with E-state index in [0.29, 0.717) is 19.3 Å². The van der Waals surface area contributed by atoms with Crippen molar-refractivity contribution in [3.8, 4) is 6.07 Å². The van der Waals surface area contributed by atoms with Gasteiger partial charge in [-0.15, -0.1) is 0 Å². The molecule has 0 aliphatic heterocycles. The summed E-state index contributed by atoms with van der Waals surface area (Å²) in [5, 5.41) is 38.0. The molecule has 0 aromatic rings. The van der Waals surface area contributed by atoms with Gasteiger partial charge in [0.2, 0.25) is 0 Å². The van der Waals surface area contributed by atoms with Crippen LogP contribution >= 0.6 is 0 Å². The first-order valence-electron chi connectivity index (χ1n) is 10.0. The number of aliphatic hydroxyl groups is 2. The van der Waals surface area contributed by atoms with E-state index in [1.807, 2.05) is 13.0 Å². The number of allylic oxidation sites excluding steroid dienone is 1. The van der Waals surface area contributed by atoms with Gasteiger partial charge in [0, 0.05) is 12.8 Å². The fourth-order valence-corrected chi connectivity index (χ4v) is 3.83. The van der Waals surface area contributed by atoms with Crippen molar-refractivity contribution in [2.75, 3.05) is 0 Å². The zero-order valence-electron chi connectivity index (χ0n) is 16.1. The van der Waals surface area contributed by atoms with Gasteiger partial charge in [-0.3, -0.25) is 4.79 Å². The second kappa shape index (κ2) is 12.1. The SMILES string of the molecule is CC(O)(C=CC1CCC(O)C1CCCCCC(=O)O)CCCCCC#N. The summed E-state index contributed by atoms with van der Waals surface area (Å²) in [7, 11) is 0. The van der Waals surface area contributed by atoms with Gasteiger partial charge in [0.15, 0.2) is 0 Å². The molecule has 26 heavy (non-hydrogen) atoms. The molecule has 5 nitrogen and oxygen atoms in total. The van der Waals surface area contributed by atoms with Crippen molar-refractivity contribution in [2.24, 2.45) is 11.8 Å². The van der Waals surface area contributed by atoms with Crippen LogP contribution in [0, 0.1) is 23.2 Å². The zero-order chi connectivity index (χ0) is 19.4. The summed E-state index contributed by atoms with van der Waals surface area (Å²) in [6.07, 6.45) is 13.1. The molecule has 0 aromatic carbocycles. The number of nitriles is 1. The van der Waals surface area contributed by atoms with Gasteiger partial charge in [0.05, 0.1) is 17.8 Å². The molecular formula is C21H35NO4. The largest absolute Gasteiger partial charge is 0.481 e. The van der Waals surface area contributed by atoms with Crippen molar-refractivity contribution >= 4 is 5.97 Å². The third-order valence-corrected chi connectivity index (χ3v) is 5.44. The van der Waals surface area contributed by atoms with E-state index in [0.717, 1.165) is 51.4 Å². The molecule has 0 amide bonds. The minimum absolute atomic E-state index is 0.211. The minimum Gasteiger partial charge on any atom is -0.481 e. The van der Waals surface area contributed by atoms with Gasteiger partial charge in [0.1, 0.15) is 0 Å². The lowest BCUT2D eigenvalue weighted by molar-refractivity contribution is -0.137. The predicted octanol–water partition coefficient (Wildman–Crippen LogP) is 4.19. The Kier molecular flexibility index (Phi) is 10.5. The normalized spacial score (nSPS) is 25.2. The maximum Gasteiger partial charge on any atom is 0.303 e. The van der Waals surface area contributed by atoms with Gasteiger partial charge in [-0.2, -0.15) is 5.26 Å². The van der Waals surface area contributed by atoms with E-state index in [4.69, 9.17) is 10.4 Å². The lowest BCUT2D eigenvalue weighted by Gasteiger charge is -2.23. The quantitative estimate of drug-likeness (QED) is 0.335. The molecule has 1 aliphatic rings. The van der Waals surface area contributed by atoms with Crippen molar-refractivity contribution in [3.63, 3.8) is 0 Å². The third kappa shape index (κ3) is 9.35.